The lowest BCUT2D eigenvalue weighted by molar-refractivity contribution is -0.112. The zero-order chi connectivity index (χ0) is 35.7. The number of anilines is 2. The van der Waals surface area contributed by atoms with E-state index < -0.39 is 11.2 Å². The van der Waals surface area contributed by atoms with Crippen molar-refractivity contribution in [3.05, 3.63) is 114 Å². The second-order valence-corrected chi connectivity index (χ2v) is 14.9. The number of carbonyl (C=O) groups is 1. The van der Waals surface area contributed by atoms with Crippen molar-refractivity contribution in [2.75, 3.05) is 43.1 Å². The number of hydrogen-bond donors (Lipinski definition) is 1. The van der Waals surface area contributed by atoms with E-state index in [0.717, 1.165) is 83.3 Å². The summed E-state index contributed by atoms with van der Waals surface area (Å²) >= 11 is -1.27. The SMILES string of the molecule is CCCCOCCOc1ccc(-c2ccc3c(c2)C=C(C(=O)Nc2ccc([S+]([O-])Cc4c(C)nc5ccccn45)cc2)CCN3CC(C)C)cc1. The average Bonchev–Trinajstić information content (AvgIpc) is 3.33. The molecule has 3 heterocycles. The Balaban J connectivity index is 1.14. The van der Waals surface area contributed by atoms with E-state index >= 15 is 0 Å². The number of imidazole rings is 1. The molecule has 6 rings (SSSR count). The van der Waals surface area contributed by atoms with E-state index in [4.69, 9.17) is 9.47 Å². The quantitative estimate of drug-likeness (QED) is 0.0867. The number of aryl methyl sites for hydroxylation is 1. The highest BCUT2D eigenvalue weighted by Gasteiger charge is 2.22. The van der Waals surface area contributed by atoms with Crippen molar-refractivity contribution >= 4 is 40.2 Å². The molecule has 1 N–H and O–H groups in total. The van der Waals surface area contributed by atoms with E-state index in [2.05, 4.69) is 66.3 Å². The maximum Gasteiger partial charge on any atom is 0.251 e. The predicted octanol–water partition coefficient (Wildman–Crippen LogP) is 8.70. The lowest BCUT2D eigenvalue weighted by Crippen LogP contribution is -2.29. The second kappa shape index (κ2) is 17.1. The zero-order valence-electron chi connectivity index (χ0n) is 30.1. The fourth-order valence-electron chi connectivity index (χ4n) is 6.34. The van der Waals surface area contributed by atoms with Crippen LogP contribution >= 0.6 is 0 Å². The van der Waals surface area contributed by atoms with E-state index in [0.29, 0.717) is 41.9 Å². The van der Waals surface area contributed by atoms with E-state index in [1.54, 1.807) is 0 Å². The smallest absolute Gasteiger partial charge is 0.251 e. The van der Waals surface area contributed by atoms with Crippen LogP contribution in [-0.4, -0.2) is 52.8 Å². The number of rotatable bonds is 15. The maximum absolute atomic E-state index is 13.7. The Morgan fingerprint density at radius 1 is 0.980 bits per heavy atom. The molecule has 1 aliphatic rings. The van der Waals surface area contributed by atoms with Crippen LogP contribution in [0.5, 0.6) is 5.75 Å². The minimum atomic E-state index is -1.27. The standard InChI is InChI=1S/C42H48N4O4S/c1-5-6-23-49-24-25-50-37-15-10-32(11-16-37)33-12-19-39-35(26-33)27-34(20-22-45(39)28-30(2)3)42(47)44-36-13-17-38(18-14-36)51(48)29-40-31(4)43-41-9-7-8-21-46(40)41/h7-19,21,26-27,30H,5-6,20,22-25,28-29H2,1-4H3,(H,44,47). The number of hydrogen-bond acceptors (Lipinski definition) is 6. The first kappa shape index (κ1) is 36.2. The molecule has 0 spiro atoms. The number of carbonyl (C=O) groups excluding carboxylic acids is 1. The van der Waals surface area contributed by atoms with Gasteiger partial charge in [0.2, 0.25) is 0 Å². The molecule has 3 aromatic carbocycles. The highest BCUT2D eigenvalue weighted by molar-refractivity contribution is 7.90. The number of unbranched alkanes of at least 4 members (excludes halogenated alkanes) is 1. The summed E-state index contributed by atoms with van der Waals surface area (Å²) in [5.74, 6) is 1.51. The minimum absolute atomic E-state index is 0.131. The van der Waals surface area contributed by atoms with Gasteiger partial charge in [-0.2, -0.15) is 0 Å². The molecule has 9 heteroatoms. The third-order valence-electron chi connectivity index (χ3n) is 9.02. The number of amides is 1. The number of nitrogens with zero attached hydrogens (tertiary/aromatic N) is 3. The first-order valence-corrected chi connectivity index (χ1v) is 19.2. The van der Waals surface area contributed by atoms with Gasteiger partial charge < -0.3 is 24.2 Å². The fraction of sp³-hybridized carbons (Fsp3) is 0.333. The molecular weight excluding hydrogens is 657 g/mol. The molecule has 0 aliphatic carbocycles. The minimum Gasteiger partial charge on any atom is -0.611 e. The van der Waals surface area contributed by atoms with Gasteiger partial charge in [-0.3, -0.25) is 9.20 Å². The van der Waals surface area contributed by atoms with Crippen LogP contribution in [0.4, 0.5) is 11.4 Å². The number of ether oxygens (including phenoxy) is 2. The molecule has 0 saturated heterocycles. The van der Waals surface area contributed by atoms with Gasteiger partial charge in [0, 0.05) is 42.8 Å². The molecule has 0 saturated carbocycles. The van der Waals surface area contributed by atoms with Crippen molar-refractivity contribution in [1.29, 1.82) is 0 Å². The molecule has 1 atom stereocenters. The van der Waals surface area contributed by atoms with Crippen molar-refractivity contribution < 1.29 is 18.8 Å². The van der Waals surface area contributed by atoms with Crippen molar-refractivity contribution in [2.45, 2.75) is 57.6 Å². The van der Waals surface area contributed by atoms with Crippen LogP contribution in [0.3, 0.4) is 0 Å². The molecule has 5 aromatic rings. The highest BCUT2D eigenvalue weighted by Crippen LogP contribution is 2.34. The number of fused-ring (bicyclic) bond motifs is 2. The molecule has 2 aromatic heterocycles. The lowest BCUT2D eigenvalue weighted by Gasteiger charge is -2.27. The van der Waals surface area contributed by atoms with Gasteiger partial charge >= 0.3 is 0 Å². The van der Waals surface area contributed by atoms with Gasteiger partial charge in [-0.1, -0.05) is 51.5 Å². The van der Waals surface area contributed by atoms with E-state index in [1.165, 1.54) is 0 Å². The van der Waals surface area contributed by atoms with Crippen LogP contribution in [0.25, 0.3) is 22.9 Å². The summed E-state index contributed by atoms with van der Waals surface area (Å²) in [4.78, 5) is 21.4. The summed E-state index contributed by atoms with van der Waals surface area (Å²) in [5, 5.41) is 3.09. The monoisotopic (exact) mass is 704 g/mol. The Morgan fingerprint density at radius 2 is 1.76 bits per heavy atom. The first-order valence-electron chi connectivity index (χ1n) is 17.9. The summed E-state index contributed by atoms with van der Waals surface area (Å²) in [5.41, 5.74) is 8.35. The number of nitrogens with one attached hydrogen (secondary N) is 1. The van der Waals surface area contributed by atoms with Crippen LogP contribution in [0.1, 0.15) is 57.0 Å². The van der Waals surface area contributed by atoms with E-state index in [1.807, 2.05) is 78.2 Å². The van der Waals surface area contributed by atoms with Gasteiger partial charge in [-0.05, 0) is 120 Å². The van der Waals surface area contributed by atoms with Crippen LogP contribution in [-0.2, 0) is 26.5 Å². The van der Waals surface area contributed by atoms with Crippen molar-refractivity contribution in [2.24, 2.45) is 5.92 Å². The van der Waals surface area contributed by atoms with E-state index in [-0.39, 0.29) is 5.91 Å². The zero-order valence-corrected chi connectivity index (χ0v) is 30.9. The topological polar surface area (TPSA) is 91.2 Å². The molecule has 1 aliphatic heterocycles. The van der Waals surface area contributed by atoms with Gasteiger partial charge in [0.15, 0.2) is 10.6 Å². The number of aromatic nitrogens is 2. The number of pyridine rings is 1. The van der Waals surface area contributed by atoms with Crippen LogP contribution < -0.4 is 15.0 Å². The molecule has 0 fully saturated rings. The highest BCUT2D eigenvalue weighted by atomic mass is 32.2. The first-order chi connectivity index (χ1) is 24.8. The Hall–Kier alpha value is -4.57. The fourth-order valence-corrected chi connectivity index (χ4v) is 7.54. The molecular formula is C42H48N4O4S. The van der Waals surface area contributed by atoms with Gasteiger partial charge in [0.05, 0.1) is 18.0 Å². The van der Waals surface area contributed by atoms with Crippen molar-refractivity contribution in [1.82, 2.24) is 9.38 Å². The van der Waals surface area contributed by atoms with Crippen molar-refractivity contribution in [3.63, 3.8) is 0 Å². The van der Waals surface area contributed by atoms with Gasteiger partial charge in [0.1, 0.15) is 18.0 Å². The molecule has 266 valence electrons. The molecule has 1 amide bonds. The summed E-state index contributed by atoms with van der Waals surface area (Å²) < 4.78 is 26.8. The predicted molar refractivity (Wildman–Crippen MR) is 208 cm³/mol. The Labute approximate surface area is 304 Å². The van der Waals surface area contributed by atoms with Crippen LogP contribution in [0.15, 0.2) is 102 Å². The lowest BCUT2D eigenvalue weighted by atomic mass is 10.00. The Kier molecular flexibility index (Phi) is 12.1. The molecule has 0 bridgehead atoms. The Morgan fingerprint density at radius 3 is 2.53 bits per heavy atom. The van der Waals surface area contributed by atoms with Gasteiger partial charge in [0.25, 0.3) is 5.91 Å². The third-order valence-corrected chi connectivity index (χ3v) is 10.4. The van der Waals surface area contributed by atoms with E-state index in [9.17, 15) is 9.35 Å². The summed E-state index contributed by atoms with van der Waals surface area (Å²) in [6.45, 7) is 12.1. The average molecular weight is 705 g/mol. The van der Waals surface area contributed by atoms with Gasteiger partial charge in [-0.15, -0.1) is 0 Å². The van der Waals surface area contributed by atoms with Crippen LogP contribution in [0, 0.1) is 12.8 Å². The number of benzene rings is 3. The molecule has 0 radical (unpaired) electrons. The summed E-state index contributed by atoms with van der Waals surface area (Å²) in [6.07, 6.45) is 6.79. The largest absolute Gasteiger partial charge is 0.611 e. The normalized spacial score (nSPS) is 13.5. The summed E-state index contributed by atoms with van der Waals surface area (Å²) in [7, 11) is 0. The van der Waals surface area contributed by atoms with Crippen molar-refractivity contribution in [3.8, 4) is 16.9 Å². The molecule has 51 heavy (non-hydrogen) atoms. The third kappa shape index (κ3) is 9.22. The summed E-state index contributed by atoms with van der Waals surface area (Å²) in [6, 6.07) is 27.8. The van der Waals surface area contributed by atoms with Gasteiger partial charge in [-0.25, -0.2) is 4.98 Å². The molecule has 8 nitrogen and oxygen atoms in total. The Bertz CT molecular complexity index is 1950. The maximum atomic E-state index is 13.7. The van der Waals surface area contributed by atoms with Crippen LogP contribution in [0.2, 0.25) is 0 Å². The second-order valence-electron chi connectivity index (χ2n) is 13.4. The molecule has 1 unspecified atom stereocenters.